The maximum Gasteiger partial charge on any atom is 0.303 e. The Kier molecular flexibility index (Phi) is 2.67. The lowest BCUT2D eigenvalue weighted by atomic mass is 9.64. The van der Waals surface area contributed by atoms with Crippen LogP contribution in [0.5, 0.6) is 0 Å². The van der Waals surface area contributed by atoms with Gasteiger partial charge in [-0.2, -0.15) is 0 Å². The molecule has 2 nitrogen and oxygen atoms in total. The molecule has 0 amide bonds. The first-order valence-electron chi connectivity index (χ1n) is 7.92. The van der Waals surface area contributed by atoms with Gasteiger partial charge in [-0.05, 0) is 61.7 Å². The Morgan fingerprint density at radius 2 is 1.79 bits per heavy atom. The highest BCUT2D eigenvalue weighted by Gasteiger charge is 2.68. The molecule has 5 atom stereocenters. The van der Waals surface area contributed by atoms with E-state index in [0.717, 1.165) is 18.3 Å². The Morgan fingerprint density at radius 1 is 1.11 bits per heavy atom. The van der Waals surface area contributed by atoms with E-state index in [9.17, 15) is 4.79 Å². The first kappa shape index (κ1) is 13.5. The first-order chi connectivity index (χ1) is 8.72. The Bertz CT molecular complexity index is 413. The van der Waals surface area contributed by atoms with Crippen LogP contribution in [0, 0.1) is 28.6 Å². The van der Waals surface area contributed by atoms with E-state index in [1.807, 2.05) is 0 Å². The molecule has 0 aromatic rings. The van der Waals surface area contributed by atoms with Gasteiger partial charge in [-0.3, -0.25) is 4.79 Å². The highest BCUT2D eigenvalue weighted by atomic mass is 16.6. The van der Waals surface area contributed by atoms with Crippen LogP contribution < -0.4 is 0 Å². The minimum absolute atomic E-state index is 0.112. The van der Waals surface area contributed by atoms with Crippen LogP contribution in [0.15, 0.2) is 0 Å². The third-order valence-electron chi connectivity index (χ3n) is 7.15. The fraction of sp³-hybridized carbons (Fsp3) is 0.941. The highest BCUT2D eigenvalue weighted by Crippen LogP contribution is 2.73. The van der Waals surface area contributed by atoms with Gasteiger partial charge in [0.1, 0.15) is 5.60 Å². The van der Waals surface area contributed by atoms with E-state index in [4.69, 9.17) is 4.74 Å². The Labute approximate surface area is 117 Å². The zero-order valence-corrected chi connectivity index (χ0v) is 13.1. The van der Waals surface area contributed by atoms with Crippen molar-refractivity contribution < 1.29 is 9.53 Å². The number of fused-ring (bicyclic) bond motifs is 1. The first-order valence-corrected chi connectivity index (χ1v) is 7.92. The zero-order chi connectivity index (χ0) is 14.1. The van der Waals surface area contributed by atoms with Crippen LogP contribution in [0.25, 0.3) is 0 Å². The predicted octanol–water partition coefficient (Wildman–Crippen LogP) is 4.18. The number of ether oxygens (including phenoxy) is 1. The van der Waals surface area contributed by atoms with Gasteiger partial charge in [-0.15, -0.1) is 0 Å². The lowest BCUT2D eigenvalue weighted by Gasteiger charge is -2.46. The van der Waals surface area contributed by atoms with Gasteiger partial charge < -0.3 is 4.74 Å². The molecule has 3 aliphatic carbocycles. The molecule has 0 radical (unpaired) electrons. The molecule has 3 saturated carbocycles. The molecule has 19 heavy (non-hydrogen) atoms. The Hall–Kier alpha value is -0.530. The molecular weight excluding hydrogens is 236 g/mol. The number of hydrogen-bond acceptors (Lipinski definition) is 2. The number of rotatable bonds is 1. The van der Waals surface area contributed by atoms with Gasteiger partial charge in [0.05, 0.1) is 0 Å². The van der Waals surface area contributed by atoms with Crippen molar-refractivity contribution >= 4 is 5.97 Å². The van der Waals surface area contributed by atoms with Crippen molar-refractivity contribution in [2.45, 2.75) is 72.3 Å². The van der Waals surface area contributed by atoms with Crippen molar-refractivity contribution in [3.63, 3.8) is 0 Å². The summed E-state index contributed by atoms with van der Waals surface area (Å²) in [7, 11) is 0. The van der Waals surface area contributed by atoms with Crippen molar-refractivity contribution in [1.29, 1.82) is 0 Å². The predicted molar refractivity (Wildman–Crippen MR) is 75.6 cm³/mol. The summed E-state index contributed by atoms with van der Waals surface area (Å²) < 4.78 is 5.80. The number of carbonyl (C=O) groups is 1. The molecule has 1 spiro atoms. The third kappa shape index (κ3) is 1.58. The van der Waals surface area contributed by atoms with Crippen molar-refractivity contribution in [2.24, 2.45) is 28.6 Å². The SMILES string of the molecule is CC(=O)O[C@]1(C)CCC23C[C@@H]1C(C)(C)[C@@H]2CC[C@H]3C. The summed E-state index contributed by atoms with van der Waals surface area (Å²) in [5.41, 5.74) is 0.629. The summed E-state index contributed by atoms with van der Waals surface area (Å²) in [5.74, 6) is 2.10. The van der Waals surface area contributed by atoms with Crippen LogP contribution in [0.2, 0.25) is 0 Å². The van der Waals surface area contributed by atoms with E-state index >= 15 is 0 Å². The standard InChI is InChI=1S/C17H28O2/c1-11-6-7-13-15(3,4)14-10-17(11,13)9-8-16(14,5)19-12(2)18/h11,13-14H,6-10H2,1-5H3/t11-,13+,14-,16-,17?/m1/s1. The van der Waals surface area contributed by atoms with Crippen LogP contribution in [0.3, 0.4) is 0 Å². The number of esters is 1. The normalized spacial score (nSPS) is 50.9. The number of carbonyl (C=O) groups excluding carboxylic acids is 1. The quantitative estimate of drug-likeness (QED) is 0.664. The molecule has 0 heterocycles. The van der Waals surface area contributed by atoms with E-state index in [1.54, 1.807) is 6.92 Å². The summed E-state index contributed by atoms with van der Waals surface area (Å²) in [6, 6.07) is 0. The van der Waals surface area contributed by atoms with Crippen LogP contribution in [-0.4, -0.2) is 11.6 Å². The Balaban J connectivity index is 1.99. The molecule has 0 aromatic carbocycles. The fourth-order valence-corrected chi connectivity index (χ4v) is 6.31. The molecule has 3 rings (SSSR count). The van der Waals surface area contributed by atoms with Crippen LogP contribution >= 0.6 is 0 Å². The molecule has 2 bridgehead atoms. The topological polar surface area (TPSA) is 26.3 Å². The molecule has 0 saturated heterocycles. The van der Waals surface area contributed by atoms with Crippen molar-refractivity contribution in [2.75, 3.05) is 0 Å². The van der Waals surface area contributed by atoms with E-state index in [-0.39, 0.29) is 11.6 Å². The number of hydrogen-bond donors (Lipinski definition) is 0. The van der Waals surface area contributed by atoms with Gasteiger partial charge in [0.25, 0.3) is 0 Å². The largest absolute Gasteiger partial charge is 0.459 e. The summed E-state index contributed by atoms with van der Waals surface area (Å²) in [4.78, 5) is 11.5. The van der Waals surface area contributed by atoms with E-state index < -0.39 is 0 Å². The maximum absolute atomic E-state index is 11.5. The summed E-state index contributed by atoms with van der Waals surface area (Å²) in [6.45, 7) is 11.0. The van der Waals surface area contributed by atoms with E-state index in [0.29, 0.717) is 16.7 Å². The van der Waals surface area contributed by atoms with Crippen LogP contribution in [-0.2, 0) is 9.53 Å². The van der Waals surface area contributed by atoms with Gasteiger partial charge in [0, 0.05) is 12.8 Å². The van der Waals surface area contributed by atoms with Crippen molar-refractivity contribution in [3.05, 3.63) is 0 Å². The van der Waals surface area contributed by atoms with Crippen LogP contribution in [0.1, 0.15) is 66.7 Å². The fourth-order valence-electron chi connectivity index (χ4n) is 6.31. The molecule has 0 aliphatic heterocycles. The molecule has 3 fully saturated rings. The van der Waals surface area contributed by atoms with Crippen LogP contribution in [0.4, 0.5) is 0 Å². The second-order valence-electron chi connectivity index (χ2n) is 8.25. The van der Waals surface area contributed by atoms with E-state index in [2.05, 4.69) is 27.7 Å². The third-order valence-corrected chi connectivity index (χ3v) is 7.15. The average Bonchev–Trinajstić information content (AvgIpc) is 2.69. The highest BCUT2D eigenvalue weighted by molar-refractivity contribution is 5.66. The molecule has 108 valence electrons. The van der Waals surface area contributed by atoms with Crippen molar-refractivity contribution in [1.82, 2.24) is 0 Å². The summed E-state index contributed by atoms with van der Waals surface area (Å²) in [6.07, 6.45) is 6.35. The van der Waals surface area contributed by atoms with Gasteiger partial charge in [0.15, 0.2) is 0 Å². The molecule has 0 N–H and O–H groups in total. The molecular formula is C17H28O2. The van der Waals surface area contributed by atoms with Gasteiger partial charge in [-0.25, -0.2) is 0 Å². The second kappa shape index (κ2) is 3.77. The summed E-state index contributed by atoms with van der Waals surface area (Å²) in [5, 5.41) is 0. The van der Waals surface area contributed by atoms with E-state index in [1.165, 1.54) is 25.7 Å². The second-order valence-corrected chi connectivity index (χ2v) is 8.25. The molecule has 1 unspecified atom stereocenters. The average molecular weight is 264 g/mol. The Morgan fingerprint density at radius 3 is 2.42 bits per heavy atom. The minimum atomic E-state index is -0.232. The maximum atomic E-state index is 11.5. The molecule has 2 heteroatoms. The smallest absolute Gasteiger partial charge is 0.303 e. The zero-order valence-electron chi connectivity index (χ0n) is 13.1. The lowest BCUT2D eigenvalue weighted by Crippen LogP contribution is -2.47. The van der Waals surface area contributed by atoms with Gasteiger partial charge >= 0.3 is 5.97 Å². The van der Waals surface area contributed by atoms with Gasteiger partial charge in [0.2, 0.25) is 0 Å². The van der Waals surface area contributed by atoms with Crippen molar-refractivity contribution in [3.8, 4) is 0 Å². The summed E-state index contributed by atoms with van der Waals surface area (Å²) >= 11 is 0. The molecule has 0 aromatic heterocycles. The van der Waals surface area contributed by atoms with Gasteiger partial charge in [-0.1, -0.05) is 20.8 Å². The monoisotopic (exact) mass is 264 g/mol. The lowest BCUT2D eigenvalue weighted by molar-refractivity contribution is -0.171. The molecule has 3 aliphatic rings. The minimum Gasteiger partial charge on any atom is -0.459 e.